The molecule has 2 aromatic rings. The van der Waals surface area contributed by atoms with Crippen molar-refractivity contribution in [2.24, 2.45) is 0 Å². The Labute approximate surface area is 178 Å². The molecule has 0 aliphatic heterocycles. The van der Waals surface area contributed by atoms with E-state index in [0.717, 1.165) is 72.1 Å². The fourth-order valence-electron chi connectivity index (χ4n) is 3.61. The fourth-order valence-corrected chi connectivity index (χ4v) is 5.25. The zero-order chi connectivity index (χ0) is 22.6. The first-order valence-electron chi connectivity index (χ1n) is 9.82. The minimum absolute atomic E-state index is 0.123. The third-order valence-electron chi connectivity index (χ3n) is 5.20. The number of nitrogens with zero attached hydrogens (tertiary/aromatic N) is 1. The van der Waals surface area contributed by atoms with Crippen molar-refractivity contribution in [3.63, 3.8) is 0 Å². The van der Waals surface area contributed by atoms with E-state index in [1.54, 1.807) is 0 Å². The summed E-state index contributed by atoms with van der Waals surface area (Å²) in [7, 11) is -4.07. The first kappa shape index (κ1) is 23.2. The van der Waals surface area contributed by atoms with Gasteiger partial charge in [0.05, 0.1) is 17.0 Å². The number of nitrogens with one attached hydrogen (secondary N) is 1. The highest BCUT2D eigenvalue weighted by molar-refractivity contribution is 7.89. The molecule has 1 fully saturated rings. The number of sulfonamides is 1. The molecule has 0 unspecified atom stereocenters. The maximum atomic E-state index is 13.2. The van der Waals surface area contributed by atoms with Crippen LogP contribution in [0.1, 0.15) is 37.7 Å². The smallest absolute Gasteiger partial charge is 0.325 e. The van der Waals surface area contributed by atoms with E-state index in [1.807, 2.05) is 0 Å². The monoisotopic (exact) mass is 458 g/mol. The number of anilines is 1. The summed E-state index contributed by atoms with van der Waals surface area (Å²) in [6.45, 7) is -0.495. The molecule has 5 nitrogen and oxygen atoms in total. The van der Waals surface area contributed by atoms with Crippen LogP contribution in [0.2, 0.25) is 0 Å². The Morgan fingerprint density at radius 1 is 0.968 bits per heavy atom. The average molecular weight is 458 g/mol. The predicted octanol–water partition coefficient (Wildman–Crippen LogP) is 4.81. The lowest BCUT2D eigenvalue weighted by molar-refractivity contribution is -0.137. The van der Waals surface area contributed by atoms with Crippen LogP contribution in [0.25, 0.3) is 0 Å². The molecule has 1 aliphatic carbocycles. The molecular weight excluding hydrogens is 436 g/mol. The minimum atomic E-state index is -4.50. The van der Waals surface area contributed by atoms with Crippen LogP contribution in [0.3, 0.4) is 0 Å². The van der Waals surface area contributed by atoms with Crippen LogP contribution in [0.15, 0.2) is 53.4 Å². The third-order valence-corrected chi connectivity index (χ3v) is 7.11. The van der Waals surface area contributed by atoms with Gasteiger partial charge < -0.3 is 5.32 Å². The average Bonchev–Trinajstić information content (AvgIpc) is 2.72. The van der Waals surface area contributed by atoms with Crippen LogP contribution in [0.4, 0.5) is 23.2 Å². The largest absolute Gasteiger partial charge is 0.416 e. The molecule has 2 aromatic carbocycles. The molecule has 0 spiro atoms. The van der Waals surface area contributed by atoms with Gasteiger partial charge >= 0.3 is 6.18 Å². The summed E-state index contributed by atoms with van der Waals surface area (Å²) in [4.78, 5) is 12.5. The van der Waals surface area contributed by atoms with Crippen molar-refractivity contribution in [2.75, 3.05) is 11.9 Å². The quantitative estimate of drug-likeness (QED) is 0.632. The number of carbonyl (C=O) groups is 1. The van der Waals surface area contributed by atoms with E-state index < -0.39 is 40.0 Å². The highest BCUT2D eigenvalue weighted by atomic mass is 32.2. The van der Waals surface area contributed by atoms with Gasteiger partial charge in [0, 0.05) is 11.7 Å². The normalized spacial score (nSPS) is 15.8. The third kappa shape index (κ3) is 5.82. The van der Waals surface area contributed by atoms with Gasteiger partial charge in [0.25, 0.3) is 0 Å². The van der Waals surface area contributed by atoms with Crippen LogP contribution in [0, 0.1) is 5.82 Å². The zero-order valence-electron chi connectivity index (χ0n) is 16.5. The summed E-state index contributed by atoms with van der Waals surface area (Å²) in [5.74, 6) is -1.25. The molecule has 168 valence electrons. The van der Waals surface area contributed by atoms with Gasteiger partial charge in [-0.3, -0.25) is 4.79 Å². The van der Waals surface area contributed by atoms with Crippen molar-refractivity contribution in [3.05, 3.63) is 59.9 Å². The molecule has 0 radical (unpaired) electrons. The topological polar surface area (TPSA) is 66.5 Å². The molecule has 31 heavy (non-hydrogen) atoms. The van der Waals surface area contributed by atoms with E-state index in [4.69, 9.17) is 0 Å². The van der Waals surface area contributed by atoms with Gasteiger partial charge in [-0.1, -0.05) is 19.3 Å². The van der Waals surface area contributed by atoms with Crippen molar-refractivity contribution < 1.29 is 30.8 Å². The van der Waals surface area contributed by atoms with Crippen LogP contribution < -0.4 is 5.32 Å². The number of amides is 1. The molecule has 3 rings (SSSR count). The lowest BCUT2D eigenvalue weighted by Gasteiger charge is -2.33. The highest BCUT2D eigenvalue weighted by Gasteiger charge is 2.34. The molecule has 10 heteroatoms. The number of rotatable bonds is 6. The summed E-state index contributed by atoms with van der Waals surface area (Å²) in [6.07, 6.45) is -0.703. The van der Waals surface area contributed by atoms with Crippen molar-refractivity contribution in [2.45, 2.75) is 49.2 Å². The number of halogens is 4. The molecule has 0 saturated heterocycles. The van der Waals surface area contributed by atoms with E-state index in [1.165, 1.54) is 0 Å². The molecule has 1 N–H and O–H groups in total. The molecular formula is C21H22F4N2O3S. The van der Waals surface area contributed by atoms with Gasteiger partial charge in [0.2, 0.25) is 15.9 Å². The fraction of sp³-hybridized carbons (Fsp3) is 0.381. The molecule has 1 amide bonds. The second-order valence-electron chi connectivity index (χ2n) is 7.42. The summed E-state index contributed by atoms with van der Waals surface area (Å²) in [6, 6.07) is 7.88. The number of hydrogen-bond acceptors (Lipinski definition) is 3. The SMILES string of the molecule is O=C(CN(C1CCCCC1)S(=O)(=O)c1ccc(F)cc1)Nc1ccc(C(F)(F)F)cc1. The summed E-state index contributed by atoms with van der Waals surface area (Å²) >= 11 is 0. The first-order chi connectivity index (χ1) is 14.6. The van der Waals surface area contributed by atoms with Crippen LogP contribution in [-0.4, -0.2) is 31.2 Å². The number of hydrogen-bond donors (Lipinski definition) is 1. The maximum Gasteiger partial charge on any atom is 0.416 e. The Morgan fingerprint density at radius 2 is 1.55 bits per heavy atom. The van der Waals surface area contributed by atoms with Gasteiger partial charge in [-0.2, -0.15) is 17.5 Å². The Bertz CT molecular complexity index is 1000. The van der Waals surface area contributed by atoms with Gasteiger partial charge in [-0.25, -0.2) is 12.8 Å². The predicted molar refractivity (Wildman–Crippen MR) is 107 cm³/mol. The van der Waals surface area contributed by atoms with E-state index in [9.17, 15) is 30.8 Å². The Balaban J connectivity index is 1.79. The number of benzene rings is 2. The maximum absolute atomic E-state index is 13.2. The summed E-state index contributed by atoms with van der Waals surface area (Å²) in [5, 5.41) is 2.45. The Hall–Kier alpha value is -2.46. The van der Waals surface area contributed by atoms with Gasteiger partial charge in [-0.15, -0.1) is 0 Å². The number of alkyl halides is 3. The lowest BCUT2D eigenvalue weighted by Crippen LogP contribution is -2.45. The van der Waals surface area contributed by atoms with Gasteiger partial charge in [0.1, 0.15) is 5.82 Å². The second kappa shape index (κ2) is 9.35. The standard InChI is InChI=1S/C21H22F4N2O3S/c22-16-8-12-19(13-9-16)31(29,30)27(18-4-2-1-3-5-18)14-20(28)26-17-10-6-15(7-11-17)21(23,24)25/h6-13,18H,1-5,14H2,(H,26,28). The van der Waals surface area contributed by atoms with Crippen LogP contribution in [0.5, 0.6) is 0 Å². The molecule has 1 aliphatic rings. The van der Waals surface area contributed by atoms with E-state index in [-0.39, 0.29) is 16.6 Å². The van der Waals surface area contributed by atoms with Gasteiger partial charge in [-0.05, 0) is 61.4 Å². The first-order valence-corrected chi connectivity index (χ1v) is 11.3. The molecule has 1 saturated carbocycles. The van der Waals surface area contributed by atoms with Crippen molar-refractivity contribution in [3.8, 4) is 0 Å². The highest BCUT2D eigenvalue weighted by Crippen LogP contribution is 2.30. The zero-order valence-corrected chi connectivity index (χ0v) is 17.3. The molecule has 0 bridgehead atoms. The Morgan fingerprint density at radius 3 is 2.10 bits per heavy atom. The Kier molecular flexibility index (Phi) is 7.00. The van der Waals surface area contributed by atoms with Crippen LogP contribution >= 0.6 is 0 Å². The number of carbonyl (C=O) groups excluding carboxylic acids is 1. The summed E-state index contributed by atoms with van der Waals surface area (Å²) < 4.78 is 78.8. The van der Waals surface area contributed by atoms with Gasteiger partial charge in [0.15, 0.2) is 0 Å². The van der Waals surface area contributed by atoms with E-state index >= 15 is 0 Å². The second-order valence-corrected chi connectivity index (χ2v) is 9.31. The molecule has 0 atom stereocenters. The minimum Gasteiger partial charge on any atom is -0.325 e. The van der Waals surface area contributed by atoms with E-state index in [2.05, 4.69) is 5.32 Å². The van der Waals surface area contributed by atoms with E-state index in [0.29, 0.717) is 12.8 Å². The van der Waals surface area contributed by atoms with Crippen molar-refractivity contribution >= 4 is 21.6 Å². The lowest BCUT2D eigenvalue weighted by atomic mass is 9.95. The molecule has 0 aromatic heterocycles. The summed E-state index contributed by atoms with van der Waals surface area (Å²) in [5.41, 5.74) is -0.728. The molecule has 0 heterocycles. The van der Waals surface area contributed by atoms with Crippen molar-refractivity contribution in [1.29, 1.82) is 0 Å². The van der Waals surface area contributed by atoms with Crippen molar-refractivity contribution in [1.82, 2.24) is 4.31 Å². The van der Waals surface area contributed by atoms with Crippen LogP contribution in [-0.2, 0) is 21.0 Å².